The molecule has 66 heavy (non-hydrogen) atoms. The first-order chi connectivity index (χ1) is 31.6. The maximum atomic E-state index is 15.2. The van der Waals surface area contributed by atoms with E-state index < -0.39 is 84.7 Å². The molecule has 0 spiro atoms. The summed E-state index contributed by atoms with van der Waals surface area (Å²) < 4.78 is 22.4. The molecule has 5 rings (SSSR count). The summed E-state index contributed by atoms with van der Waals surface area (Å²) in [5.74, 6) is -8.70. The summed E-state index contributed by atoms with van der Waals surface area (Å²) in [6.07, 6.45) is 1.66. The molecule has 3 aromatic rings. The Morgan fingerprint density at radius 3 is 1.88 bits per heavy atom. The number of rotatable bonds is 25. The Labute approximate surface area is 377 Å². The molecule has 2 heterocycles. The lowest BCUT2D eigenvalue weighted by Gasteiger charge is -2.23. The monoisotopic (exact) mass is 911 g/mol. The topological polar surface area (TPSA) is 288 Å². The summed E-state index contributed by atoms with van der Waals surface area (Å²) in [7, 11) is 0. The molecule has 0 saturated heterocycles. The number of nitrogens with one attached hydrogen (secondary N) is 5. The maximum Gasteiger partial charge on any atom is 0.305 e. The van der Waals surface area contributed by atoms with Gasteiger partial charge in [0.15, 0.2) is 17.4 Å². The Balaban J connectivity index is 1.09. The van der Waals surface area contributed by atoms with E-state index in [4.69, 9.17) is 14.8 Å². The third-order valence-corrected chi connectivity index (χ3v) is 10.1. The van der Waals surface area contributed by atoms with Gasteiger partial charge >= 0.3 is 17.9 Å². The van der Waals surface area contributed by atoms with Gasteiger partial charge in [-0.15, -0.1) is 0 Å². The summed E-state index contributed by atoms with van der Waals surface area (Å²) in [6, 6.07) is 18.7. The number of benzene rings is 3. The van der Waals surface area contributed by atoms with Crippen LogP contribution in [-0.4, -0.2) is 103 Å². The zero-order chi connectivity index (χ0) is 47.8. The number of hydrogen-bond donors (Lipinski definition) is 8. The molecule has 19 nitrogen and oxygen atoms in total. The first-order valence-electron chi connectivity index (χ1n) is 21.0. The lowest BCUT2D eigenvalue weighted by molar-refractivity contribution is -0.144. The standard InChI is InChI=1S/C46H50FN7O12/c1-27(55)49-34(24-40(58)59)44(63)53-35(25-41(60)61)45(64)52-33(23-39(56)57)43(62)48-18-10-2-3-11-19-66-38-17-16-29(20-31(38)47)22-36-46(65)54-26-37(30-14-8-5-9-15-30)50-32(42(54)51-36)21-28-12-6-4-7-13-28/h4-9,12-17,20,26,33-35,50H,2-3,10-11,18-19,21-25H2,1H3,(H,48,62)(H,49,55)(H,52,64)(H,53,63)(H,56,57)(H,58,59)(H,60,61)/t33-,34-,35-/m0/s1. The number of amides is 4. The zero-order valence-corrected chi connectivity index (χ0v) is 35.9. The summed E-state index contributed by atoms with van der Waals surface area (Å²) in [5, 5.41) is 36.5. The van der Waals surface area contributed by atoms with Crippen LogP contribution in [0.2, 0.25) is 0 Å². The second kappa shape index (κ2) is 23.7. The third kappa shape index (κ3) is 14.6. The normalized spacial score (nSPS) is 12.3. The molecule has 0 aromatic heterocycles. The summed E-state index contributed by atoms with van der Waals surface area (Å²) >= 11 is 0. The van der Waals surface area contributed by atoms with E-state index in [9.17, 15) is 48.6 Å². The van der Waals surface area contributed by atoms with E-state index in [1.54, 1.807) is 12.3 Å². The quantitative estimate of drug-likeness (QED) is 0.0392. The average Bonchev–Trinajstić information content (AvgIpc) is 3.58. The number of halogens is 1. The number of nitrogens with zero attached hydrogens (tertiary/aromatic N) is 2. The van der Waals surface area contributed by atoms with Crippen molar-refractivity contribution in [3.8, 4) is 22.8 Å². The third-order valence-electron chi connectivity index (χ3n) is 10.1. The number of carbonyl (C=O) groups excluding carboxylic acids is 4. The van der Waals surface area contributed by atoms with E-state index in [1.807, 2.05) is 66.0 Å². The molecule has 0 unspecified atom stereocenters. The Hall–Kier alpha value is -7.90. The van der Waals surface area contributed by atoms with E-state index in [0.29, 0.717) is 43.5 Å². The summed E-state index contributed by atoms with van der Waals surface area (Å²) in [6.45, 7) is 1.26. The fourth-order valence-electron chi connectivity index (χ4n) is 6.98. The van der Waals surface area contributed by atoms with Gasteiger partial charge in [-0.05, 0) is 41.7 Å². The first kappa shape index (κ1) is 49.1. The highest BCUT2D eigenvalue weighted by Gasteiger charge is 2.32. The van der Waals surface area contributed by atoms with Gasteiger partial charge in [-0.3, -0.25) is 42.9 Å². The molecule has 348 valence electrons. The fraction of sp³-hybridized carbons (Fsp3) is 0.326. The van der Waals surface area contributed by atoms with Gasteiger partial charge in [0.05, 0.1) is 37.3 Å². The first-order valence-corrected chi connectivity index (χ1v) is 21.0. The Morgan fingerprint density at radius 2 is 1.29 bits per heavy atom. The number of hydrogen-bond acceptors (Lipinski definition) is 10. The van der Waals surface area contributed by atoms with Crippen LogP contribution in [0.5, 0.6) is 5.75 Å². The van der Waals surface area contributed by atoms with Crippen molar-refractivity contribution >= 4 is 41.5 Å². The minimum atomic E-state index is -1.86. The van der Waals surface area contributed by atoms with Crippen LogP contribution in [0.1, 0.15) is 74.4 Å². The second-order valence-corrected chi connectivity index (χ2v) is 15.4. The number of carboxylic acids is 3. The fourth-order valence-corrected chi connectivity index (χ4v) is 6.98. The molecule has 3 aromatic carbocycles. The predicted octanol–water partition coefficient (Wildman–Crippen LogP) is 2.94. The van der Waals surface area contributed by atoms with Crippen molar-refractivity contribution in [1.29, 1.82) is 0 Å². The Morgan fingerprint density at radius 1 is 0.712 bits per heavy atom. The van der Waals surface area contributed by atoms with Gasteiger partial charge in [-0.25, -0.2) is 9.37 Å². The van der Waals surface area contributed by atoms with Crippen molar-refractivity contribution in [1.82, 2.24) is 35.8 Å². The largest absolute Gasteiger partial charge is 0.491 e. The molecular weight excluding hydrogens is 862 g/mol. The van der Waals surface area contributed by atoms with Gasteiger partial charge in [-0.1, -0.05) is 79.6 Å². The van der Waals surface area contributed by atoms with Crippen LogP contribution in [0, 0.1) is 5.82 Å². The van der Waals surface area contributed by atoms with E-state index in [0.717, 1.165) is 29.4 Å². The molecule has 0 aliphatic carbocycles. The molecule has 0 bridgehead atoms. The Kier molecular flexibility index (Phi) is 17.6. The minimum absolute atomic E-state index is 0.0279. The lowest BCUT2D eigenvalue weighted by Crippen LogP contribution is -2.57. The van der Waals surface area contributed by atoms with Crippen molar-refractivity contribution in [3.05, 3.63) is 124 Å². The highest BCUT2D eigenvalue weighted by Crippen LogP contribution is 2.25. The number of fused-ring (bicyclic) bond motifs is 1. The van der Waals surface area contributed by atoms with Gasteiger partial charge in [0.25, 0.3) is 5.56 Å². The van der Waals surface area contributed by atoms with Crippen LogP contribution in [0.3, 0.4) is 0 Å². The molecule has 2 aliphatic rings. The number of aliphatic carboxylic acids is 3. The summed E-state index contributed by atoms with van der Waals surface area (Å²) in [5.41, 5.74) is 3.91. The van der Waals surface area contributed by atoms with Crippen LogP contribution in [0.4, 0.5) is 4.39 Å². The van der Waals surface area contributed by atoms with Crippen molar-refractivity contribution in [2.45, 2.75) is 82.8 Å². The van der Waals surface area contributed by atoms with Gasteiger partial charge in [0.2, 0.25) is 23.6 Å². The minimum Gasteiger partial charge on any atom is -0.491 e. The number of imidazole rings is 1. The number of carbonyl (C=O) groups is 7. The molecule has 4 amide bonds. The number of H-pyrrole nitrogens is 1. The van der Waals surface area contributed by atoms with E-state index in [1.165, 1.54) is 16.7 Å². The Bertz CT molecular complexity index is 2530. The second-order valence-electron chi connectivity index (χ2n) is 15.4. The lowest BCUT2D eigenvalue weighted by atomic mass is 10.1. The molecular formula is C46H50FN7O12. The van der Waals surface area contributed by atoms with Crippen molar-refractivity contribution in [2.75, 3.05) is 13.2 Å². The highest BCUT2D eigenvalue weighted by molar-refractivity contribution is 5.97. The molecule has 3 atom stereocenters. The molecule has 2 aliphatic heterocycles. The highest BCUT2D eigenvalue weighted by atomic mass is 19.1. The average molecular weight is 912 g/mol. The van der Waals surface area contributed by atoms with Crippen molar-refractivity contribution < 1.29 is 58.0 Å². The van der Waals surface area contributed by atoms with Crippen LogP contribution >= 0.6 is 0 Å². The number of aromatic nitrogens is 3. The van der Waals surface area contributed by atoms with E-state index >= 15 is 4.39 Å². The van der Waals surface area contributed by atoms with Crippen LogP contribution in [-0.2, 0) is 46.4 Å². The van der Waals surface area contributed by atoms with Crippen LogP contribution in [0.15, 0.2) is 89.9 Å². The number of ether oxygens (including phenoxy) is 1. The smallest absolute Gasteiger partial charge is 0.305 e. The van der Waals surface area contributed by atoms with Gasteiger partial charge in [0.1, 0.15) is 23.8 Å². The molecule has 0 fully saturated rings. The van der Waals surface area contributed by atoms with Crippen LogP contribution in [0.25, 0.3) is 17.1 Å². The molecule has 0 saturated carbocycles. The van der Waals surface area contributed by atoms with Crippen LogP contribution < -0.4 is 31.6 Å². The van der Waals surface area contributed by atoms with Crippen molar-refractivity contribution in [3.63, 3.8) is 0 Å². The SMILES string of the molecule is CC(=O)N[C@@H](CC(=O)O)C(=O)N[C@@H](CC(=O)O)C(=O)N[C@@H](CC(=O)O)C(=O)NCCCCCCOc1ccc(Cc2nc3c(Cc4ccccc4)[nH]c(-c4ccccc4)cn-3c2=O)cc1F. The van der Waals surface area contributed by atoms with Crippen molar-refractivity contribution in [2.24, 2.45) is 0 Å². The van der Waals surface area contributed by atoms with E-state index in [-0.39, 0.29) is 36.6 Å². The number of carboxylic acid groups (broad SMARTS) is 3. The molecule has 20 heteroatoms. The van der Waals surface area contributed by atoms with Gasteiger partial charge in [0, 0.05) is 32.5 Å². The molecule has 8 N–H and O–H groups in total. The summed E-state index contributed by atoms with van der Waals surface area (Å²) in [4.78, 5) is 106. The van der Waals surface area contributed by atoms with E-state index in [2.05, 4.69) is 20.9 Å². The van der Waals surface area contributed by atoms with Gasteiger partial charge in [-0.2, -0.15) is 0 Å². The zero-order valence-electron chi connectivity index (χ0n) is 35.9. The number of aromatic amines is 1. The molecule has 0 radical (unpaired) electrons. The van der Waals surface area contributed by atoms with Gasteiger partial charge < -0.3 is 46.3 Å². The maximum absolute atomic E-state index is 15.2. The predicted molar refractivity (Wildman–Crippen MR) is 234 cm³/mol. The number of unbranched alkanes of at least 4 members (excludes halogenated alkanes) is 3.